The first kappa shape index (κ1) is 16.0. The third kappa shape index (κ3) is 3.10. The van der Waals surface area contributed by atoms with Gasteiger partial charge in [0.05, 0.1) is 17.9 Å². The summed E-state index contributed by atoms with van der Waals surface area (Å²) in [6.45, 7) is 0.879. The highest BCUT2D eigenvalue weighted by molar-refractivity contribution is 5.94. The third-order valence-corrected chi connectivity index (χ3v) is 4.25. The van der Waals surface area contributed by atoms with E-state index in [0.29, 0.717) is 24.5 Å². The van der Waals surface area contributed by atoms with Gasteiger partial charge in [0.15, 0.2) is 0 Å². The number of hydrogen-bond donors (Lipinski definition) is 2. The lowest BCUT2D eigenvalue weighted by Crippen LogP contribution is -2.45. The first-order valence-electron chi connectivity index (χ1n) is 7.88. The van der Waals surface area contributed by atoms with Crippen molar-refractivity contribution in [1.29, 1.82) is 0 Å². The van der Waals surface area contributed by atoms with Crippen molar-refractivity contribution >= 4 is 11.8 Å². The van der Waals surface area contributed by atoms with Gasteiger partial charge >= 0.3 is 0 Å². The van der Waals surface area contributed by atoms with Crippen LogP contribution in [0.4, 0.5) is 0 Å². The highest BCUT2D eigenvalue weighted by atomic mass is 16.3. The van der Waals surface area contributed by atoms with Crippen LogP contribution in [0.1, 0.15) is 23.2 Å². The van der Waals surface area contributed by atoms with Gasteiger partial charge in [0.25, 0.3) is 11.5 Å². The van der Waals surface area contributed by atoms with Crippen molar-refractivity contribution in [3.05, 3.63) is 46.4 Å². The van der Waals surface area contributed by atoms with E-state index in [2.05, 4.69) is 10.3 Å². The minimum Gasteiger partial charge on any atom is -0.463 e. The van der Waals surface area contributed by atoms with E-state index in [1.165, 1.54) is 12.3 Å². The Morgan fingerprint density at radius 1 is 1.33 bits per heavy atom. The number of amides is 2. The lowest BCUT2D eigenvalue weighted by Gasteiger charge is -2.31. The summed E-state index contributed by atoms with van der Waals surface area (Å²) >= 11 is 0. The number of aromatic nitrogens is 1. The highest BCUT2D eigenvalue weighted by Gasteiger charge is 2.29. The van der Waals surface area contributed by atoms with Crippen LogP contribution >= 0.6 is 0 Å². The number of carbonyl (C=O) groups excluding carboxylic acids is 2. The molecule has 1 saturated heterocycles. The second-order valence-corrected chi connectivity index (χ2v) is 5.80. The van der Waals surface area contributed by atoms with Gasteiger partial charge in [0.1, 0.15) is 11.3 Å². The molecule has 1 fully saturated rings. The number of nitrogens with one attached hydrogen (secondary N) is 2. The molecule has 1 aliphatic heterocycles. The third-order valence-electron chi connectivity index (χ3n) is 4.25. The Bertz CT molecular complexity index is 794. The van der Waals surface area contributed by atoms with Crippen LogP contribution in [-0.4, -0.2) is 41.8 Å². The molecule has 0 spiro atoms. The zero-order valence-corrected chi connectivity index (χ0v) is 13.4. The van der Waals surface area contributed by atoms with Crippen LogP contribution in [-0.2, 0) is 4.79 Å². The van der Waals surface area contributed by atoms with Gasteiger partial charge in [-0.05, 0) is 37.1 Å². The summed E-state index contributed by atoms with van der Waals surface area (Å²) in [5.41, 5.74) is 0.127. The fourth-order valence-electron chi connectivity index (χ4n) is 2.97. The van der Waals surface area contributed by atoms with Crippen LogP contribution < -0.4 is 10.9 Å². The van der Waals surface area contributed by atoms with Gasteiger partial charge in [0.2, 0.25) is 5.91 Å². The summed E-state index contributed by atoms with van der Waals surface area (Å²) in [6.07, 6.45) is 3.00. The van der Waals surface area contributed by atoms with Gasteiger partial charge in [-0.2, -0.15) is 0 Å². The van der Waals surface area contributed by atoms with Gasteiger partial charge < -0.3 is 19.6 Å². The van der Waals surface area contributed by atoms with E-state index in [0.717, 1.165) is 12.8 Å². The molecule has 0 saturated carbocycles. The predicted octanol–water partition coefficient (Wildman–Crippen LogP) is 1.23. The molecule has 0 aromatic carbocycles. The van der Waals surface area contributed by atoms with E-state index in [1.807, 2.05) is 0 Å². The molecule has 3 heterocycles. The van der Waals surface area contributed by atoms with Crippen LogP contribution in [0.5, 0.6) is 0 Å². The van der Waals surface area contributed by atoms with Crippen LogP contribution in [0.15, 0.2) is 39.7 Å². The Morgan fingerprint density at radius 2 is 2.17 bits per heavy atom. The monoisotopic (exact) mass is 329 g/mol. The highest BCUT2D eigenvalue weighted by Crippen LogP contribution is 2.19. The Morgan fingerprint density at radius 3 is 2.83 bits per heavy atom. The second kappa shape index (κ2) is 6.74. The SMILES string of the molecule is CNC(=O)C1CCCN(C(=O)c2ccc(-c3ccco3)[nH]c2=O)C1. The number of nitrogens with zero attached hydrogens (tertiary/aromatic N) is 1. The van der Waals surface area contributed by atoms with Crippen molar-refractivity contribution in [3.63, 3.8) is 0 Å². The van der Waals surface area contributed by atoms with Crippen LogP contribution in [0, 0.1) is 5.92 Å². The molecule has 126 valence electrons. The number of hydrogen-bond acceptors (Lipinski definition) is 4. The average Bonchev–Trinajstić information content (AvgIpc) is 3.15. The Hall–Kier alpha value is -2.83. The molecular formula is C17H19N3O4. The standard InChI is InChI=1S/C17H19N3O4/c1-18-15(21)11-4-2-8-20(10-11)17(23)12-6-7-13(19-16(12)22)14-5-3-9-24-14/h3,5-7,9,11H,2,4,8,10H2,1H3,(H,18,21)(H,19,22). The minimum atomic E-state index is -0.462. The molecule has 24 heavy (non-hydrogen) atoms. The van der Waals surface area contributed by atoms with Crippen molar-refractivity contribution in [2.75, 3.05) is 20.1 Å². The van der Waals surface area contributed by atoms with Gasteiger partial charge in [-0.15, -0.1) is 0 Å². The number of piperidine rings is 1. The topological polar surface area (TPSA) is 95.4 Å². The first-order valence-corrected chi connectivity index (χ1v) is 7.88. The van der Waals surface area contributed by atoms with E-state index in [1.54, 1.807) is 30.1 Å². The number of H-pyrrole nitrogens is 1. The normalized spacial score (nSPS) is 17.5. The summed E-state index contributed by atoms with van der Waals surface area (Å²) in [7, 11) is 1.58. The largest absolute Gasteiger partial charge is 0.463 e. The molecule has 1 aliphatic rings. The number of likely N-dealkylation sites (tertiary alicyclic amines) is 1. The summed E-state index contributed by atoms with van der Waals surface area (Å²) in [5, 5.41) is 2.61. The van der Waals surface area contributed by atoms with E-state index in [-0.39, 0.29) is 23.3 Å². The van der Waals surface area contributed by atoms with Crippen molar-refractivity contribution in [1.82, 2.24) is 15.2 Å². The molecule has 2 N–H and O–H groups in total. The smallest absolute Gasteiger partial charge is 0.261 e. The zero-order chi connectivity index (χ0) is 17.1. The number of furan rings is 1. The summed E-state index contributed by atoms with van der Waals surface area (Å²) < 4.78 is 5.23. The van der Waals surface area contributed by atoms with Gasteiger partial charge in [-0.25, -0.2) is 0 Å². The fraction of sp³-hybridized carbons (Fsp3) is 0.353. The molecule has 2 aromatic rings. The number of rotatable bonds is 3. The molecule has 0 bridgehead atoms. The Balaban J connectivity index is 1.80. The molecular weight excluding hydrogens is 310 g/mol. The predicted molar refractivity (Wildman–Crippen MR) is 87.5 cm³/mol. The van der Waals surface area contributed by atoms with E-state index >= 15 is 0 Å². The van der Waals surface area contributed by atoms with Crippen LogP contribution in [0.3, 0.4) is 0 Å². The van der Waals surface area contributed by atoms with Crippen molar-refractivity contribution in [2.24, 2.45) is 5.92 Å². The van der Waals surface area contributed by atoms with E-state index < -0.39 is 5.56 Å². The van der Waals surface area contributed by atoms with Crippen LogP contribution in [0.25, 0.3) is 11.5 Å². The molecule has 2 amide bonds. The molecule has 7 nitrogen and oxygen atoms in total. The maximum Gasteiger partial charge on any atom is 0.261 e. The summed E-state index contributed by atoms with van der Waals surface area (Å²) in [6, 6.07) is 6.60. The lowest BCUT2D eigenvalue weighted by atomic mass is 9.96. The number of carbonyl (C=O) groups is 2. The van der Waals surface area contributed by atoms with Crippen molar-refractivity contribution in [3.8, 4) is 11.5 Å². The van der Waals surface area contributed by atoms with E-state index in [4.69, 9.17) is 4.42 Å². The summed E-state index contributed by atoms with van der Waals surface area (Å²) in [4.78, 5) is 40.9. The lowest BCUT2D eigenvalue weighted by molar-refractivity contribution is -0.125. The van der Waals surface area contributed by atoms with Crippen molar-refractivity contribution < 1.29 is 14.0 Å². The van der Waals surface area contributed by atoms with Gasteiger partial charge in [-0.1, -0.05) is 0 Å². The van der Waals surface area contributed by atoms with Crippen molar-refractivity contribution in [2.45, 2.75) is 12.8 Å². The molecule has 0 aliphatic carbocycles. The number of pyridine rings is 1. The first-order chi connectivity index (χ1) is 11.6. The Kier molecular flexibility index (Phi) is 4.50. The molecule has 3 rings (SSSR count). The number of aromatic amines is 1. The Labute approximate surface area is 138 Å². The second-order valence-electron chi connectivity index (χ2n) is 5.80. The molecule has 1 atom stereocenters. The molecule has 7 heteroatoms. The van der Waals surface area contributed by atoms with Crippen LogP contribution in [0.2, 0.25) is 0 Å². The molecule has 1 unspecified atom stereocenters. The van der Waals surface area contributed by atoms with Gasteiger partial charge in [0, 0.05) is 20.1 Å². The van der Waals surface area contributed by atoms with E-state index in [9.17, 15) is 14.4 Å². The summed E-state index contributed by atoms with van der Waals surface area (Å²) in [5.74, 6) is -0.122. The molecule has 0 radical (unpaired) electrons. The average molecular weight is 329 g/mol. The molecule has 2 aromatic heterocycles. The van der Waals surface area contributed by atoms with Gasteiger partial charge in [-0.3, -0.25) is 14.4 Å². The minimum absolute atomic E-state index is 0.0721. The maximum absolute atomic E-state index is 12.6. The maximum atomic E-state index is 12.6. The fourth-order valence-corrected chi connectivity index (χ4v) is 2.97. The quantitative estimate of drug-likeness (QED) is 0.885. The zero-order valence-electron chi connectivity index (χ0n) is 13.4.